The van der Waals surface area contributed by atoms with Crippen LogP contribution in [0.5, 0.6) is 0 Å². The van der Waals surface area contributed by atoms with E-state index in [9.17, 15) is 4.79 Å². The average molecular weight is 290 g/mol. The average Bonchev–Trinajstić information content (AvgIpc) is 2.74. The normalized spacial score (nSPS) is 11.6. The molecule has 0 fully saturated rings. The number of aromatic nitrogens is 2. The van der Waals surface area contributed by atoms with Gasteiger partial charge in [-0.1, -0.05) is 12.1 Å². The first-order valence-corrected chi connectivity index (χ1v) is 7.06. The second kappa shape index (κ2) is 6.13. The molecule has 114 valence electrons. The van der Waals surface area contributed by atoms with Crippen molar-refractivity contribution in [3.05, 3.63) is 30.1 Å². The highest BCUT2D eigenvalue weighted by Crippen LogP contribution is 2.15. The lowest BCUT2D eigenvalue weighted by molar-refractivity contribution is 0.0496. The van der Waals surface area contributed by atoms with Gasteiger partial charge in [0.05, 0.1) is 17.6 Å². The van der Waals surface area contributed by atoms with Crippen LogP contribution in [0.15, 0.2) is 24.3 Å². The summed E-state index contributed by atoms with van der Waals surface area (Å²) in [4.78, 5) is 16.1. The Balaban J connectivity index is 1.99. The van der Waals surface area contributed by atoms with E-state index in [4.69, 9.17) is 4.74 Å². The number of aryl methyl sites for hydroxylation is 1. The predicted octanol–water partition coefficient (Wildman–Crippen LogP) is 2.59. The zero-order valence-electron chi connectivity index (χ0n) is 12.9. The molecule has 0 aliphatic heterocycles. The summed E-state index contributed by atoms with van der Waals surface area (Å²) in [6.45, 7) is 8.79. The molecule has 0 aliphatic rings. The number of hydrogen-bond acceptors (Lipinski definition) is 4. The predicted molar refractivity (Wildman–Crippen MR) is 81.6 cm³/mol. The second-order valence-corrected chi connectivity index (χ2v) is 5.74. The highest BCUT2D eigenvalue weighted by atomic mass is 16.6. The molecule has 0 saturated carbocycles. The first-order chi connectivity index (χ1) is 9.90. The fraction of sp³-hybridized carbons (Fsp3) is 0.467. The van der Waals surface area contributed by atoms with Gasteiger partial charge in [0.15, 0.2) is 0 Å². The molecule has 0 spiro atoms. The van der Waals surface area contributed by atoms with Crippen molar-refractivity contribution in [3.8, 4) is 0 Å². The van der Waals surface area contributed by atoms with Gasteiger partial charge in [0.1, 0.15) is 11.4 Å². The third-order valence-electron chi connectivity index (χ3n) is 2.89. The monoisotopic (exact) mass is 290 g/mol. The van der Waals surface area contributed by atoms with E-state index in [-0.39, 0.29) is 0 Å². The van der Waals surface area contributed by atoms with E-state index in [2.05, 4.69) is 27.3 Å². The van der Waals surface area contributed by atoms with Crippen LogP contribution >= 0.6 is 0 Å². The van der Waals surface area contributed by atoms with E-state index in [1.807, 2.05) is 45.0 Å². The molecule has 0 unspecified atom stereocenters. The van der Waals surface area contributed by atoms with E-state index in [1.54, 1.807) is 0 Å². The lowest BCUT2D eigenvalue weighted by Gasteiger charge is -2.19. The molecule has 6 heteroatoms. The number of imidazole rings is 1. The molecule has 21 heavy (non-hydrogen) atoms. The minimum Gasteiger partial charge on any atom is -0.443 e. The van der Waals surface area contributed by atoms with Gasteiger partial charge >= 0.3 is 6.09 Å². The first kappa shape index (κ1) is 15.3. The molecule has 0 saturated heterocycles. The molecule has 2 N–H and O–H groups in total. The van der Waals surface area contributed by atoms with Crippen LogP contribution in [0.2, 0.25) is 0 Å². The van der Waals surface area contributed by atoms with Crippen molar-refractivity contribution in [2.45, 2.75) is 46.4 Å². The van der Waals surface area contributed by atoms with Crippen LogP contribution in [0.4, 0.5) is 4.79 Å². The summed E-state index contributed by atoms with van der Waals surface area (Å²) in [6.07, 6.45) is -0.498. The van der Waals surface area contributed by atoms with Crippen molar-refractivity contribution in [1.82, 2.24) is 20.4 Å². The van der Waals surface area contributed by atoms with Crippen LogP contribution in [-0.4, -0.2) is 21.2 Å². The Bertz CT molecular complexity index is 628. The Kier molecular flexibility index (Phi) is 4.47. The Hall–Kier alpha value is -2.08. The molecule has 0 aliphatic carbocycles. The third kappa shape index (κ3) is 3.95. The van der Waals surface area contributed by atoms with Crippen molar-refractivity contribution < 1.29 is 9.53 Å². The zero-order chi connectivity index (χ0) is 15.5. The highest BCUT2D eigenvalue weighted by molar-refractivity contribution is 5.75. The van der Waals surface area contributed by atoms with Crippen molar-refractivity contribution in [2.24, 2.45) is 0 Å². The van der Waals surface area contributed by atoms with Gasteiger partial charge in [-0.25, -0.2) is 15.2 Å². The molecule has 1 heterocycles. The van der Waals surface area contributed by atoms with Gasteiger partial charge in [-0.05, 0) is 39.8 Å². The summed E-state index contributed by atoms with van der Waals surface area (Å²) in [5.41, 5.74) is 6.90. The summed E-state index contributed by atoms with van der Waals surface area (Å²) in [5.74, 6) is 0.870. The minimum atomic E-state index is -0.512. The van der Waals surface area contributed by atoms with Crippen LogP contribution < -0.4 is 10.9 Å². The van der Waals surface area contributed by atoms with Crippen LogP contribution in [0.3, 0.4) is 0 Å². The fourth-order valence-electron chi connectivity index (χ4n) is 2.11. The Labute approximate surface area is 124 Å². The van der Waals surface area contributed by atoms with E-state index in [0.29, 0.717) is 6.54 Å². The van der Waals surface area contributed by atoms with Gasteiger partial charge in [0, 0.05) is 6.54 Å². The number of rotatable bonds is 4. The van der Waals surface area contributed by atoms with Crippen LogP contribution in [0.1, 0.15) is 33.5 Å². The number of para-hydroxylation sites is 2. The summed E-state index contributed by atoms with van der Waals surface area (Å²) in [6, 6.07) is 7.97. The molecule has 1 aromatic heterocycles. The zero-order valence-corrected chi connectivity index (χ0v) is 12.9. The van der Waals surface area contributed by atoms with Gasteiger partial charge in [-0.15, -0.1) is 0 Å². The number of amides is 1. The van der Waals surface area contributed by atoms with Crippen molar-refractivity contribution >= 4 is 17.1 Å². The quantitative estimate of drug-likeness (QED) is 0.849. The molecule has 6 nitrogen and oxygen atoms in total. The van der Waals surface area contributed by atoms with Gasteiger partial charge < -0.3 is 9.30 Å². The fourth-order valence-corrected chi connectivity index (χ4v) is 2.11. The molecule has 0 bridgehead atoms. The largest absolute Gasteiger partial charge is 0.443 e. The number of hydrazine groups is 1. The van der Waals surface area contributed by atoms with Gasteiger partial charge in [0.25, 0.3) is 0 Å². The van der Waals surface area contributed by atoms with E-state index >= 15 is 0 Å². The molecule has 1 amide bonds. The molecule has 2 rings (SSSR count). The molecule has 0 radical (unpaired) electrons. The summed E-state index contributed by atoms with van der Waals surface area (Å²) in [7, 11) is 0. The van der Waals surface area contributed by atoms with Crippen molar-refractivity contribution in [2.75, 3.05) is 0 Å². The lowest BCUT2D eigenvalue weighted by atomic mass is 10.2. The number of carbonyl (C=O) groups is 1. The number of fused-ring (bicyclic) bond motifs is 1. The van der Waals surface area contributed by atoms with E-state index in [0.717, 1.165) is 23.4 Å². The smallest absolute Gasteiger partial charge is 0.422 e. The number of carbonyl (C=O) groups excluding carboxylic acids is 1. The van der Waals surface area contributed by atoms with E-state index in [1.165, 1.54) is 0 Å². The van der Waals surface area contributed by atoms with Crippen LogP contribution in [-0.2, 0) is 17.8 Å². The number of hydrogen-bond donors (Lipinski definition) is 2. The van der Waals surface area contributed by atoms with Gasteiger partial charge in [0.2, 0.25) is 0 Å². The standard InChI is InChI=1S/C15H22N4O2/c1-5-19-12-9-7-6-8-11(12)17-13(19)10-16-18-14(20)21-15(2,3)4/h6-9,16H,5,10H2,1-4H3,(H,18,20). The number of benzene rings is 1. The topological polar surface area (TPSA) is 68.2 Å². The highest BCUT2D eigenvalue weighted by Gasteiger charge is 2.16. The molecular formula is C15H22N4O2. The van der Waals surface area contributed by atoms with Gasteiger partial charge in [-0.2, -0.15) is 0 Å². The molecule has 2 aromatic rings. The van der Waals surface area contributed by atoms with Crippen LogP contribution in [0.25, 0.3) is 11.0 Å². The Morgan fingerprint density at radius 1 is 1.33 bits per heavy atom. The Morgan fingerprint density at radius 2 is 2.05 bits per heavy atom. The summed E-state index contributed by atoms with van der Waals surface area (Å²) in [5, 5.41) is 0. The second-order valence-electron chi connectivity index (χ2n) is 5.74. The SMILES string of the molecule is CCn1c(CNNC(=O)OC(C)(C)C)nc2ccccc21. The molecular weight excluding hydrogens is 268 g/mol. The maximum atomic E-state index is 11.6. The van der Waals surface area contributed by atoms with Gasteiger partial charge in [-0.3, -0.25) is 5.43 Å². The number of nitrogens with one attached hydrogen (secondary N) is 2. The number of nitrogens with zero attached hydrogens (tertiary/aromatic N) is 2. The summed E-state index contributed by atoms with van der Waals surface area (Å²) >= 11 is 0. The van der Waals surface area contributed by atoms with Crippen molar-refractivity contribution in [3.63, 3.8) is 0 Å². The summed E-state index contributed by atoms with van der Waals surface area (Å²) < 4.78 is 7.26. The molecule has 1 aromatic carbocycles. The maximum absolute atomic E-state index is 11.6. The maximum Gasteiger partial charge on any atom is 0.422 e. The first-order valence-electron chi connectivity index (χ1n) is 7.06. The van der Waals surface area contributed by atoms with E-state index < -0.39 is 11.7 Å². The minimum absolute atomic E-state index is 0.432. The lowest BCUT2D eigenvalue weighted by Crippen LogP contribution is -2.41. The number of ether oxygens (including phenoxy) is 1. The van der Waals surface area contributed by atoms with Crippen LogP contribution in [0, 0.1) is 0 Å². The van der Waals surface area contributed by atoms with Crippen molar-refractivity contribution in [1.29, 1.82) is 0 Å². The Morgan fingerprint density at radius 3 is 2.71 bits per heavy atom. The molecule has 0 atom stereocenters. The third-order valence-corrected chi connectivity index (χ3v) is 2.89.